The van der Waals surface area contributed by atoms with E-state index < -0.39 is 0 Å². The van der Waals surface area contributed by atoms with E-state index in [0.29, 0.717) is 39.2 Å². The van der Waals surface area contributed by atoms with E-state index in [1.54, 1.807) is 0 Å². The second-order valence-corrected chi connectivity index (χ2v) is 6.17. The second kappa shape index (κ2) is 19.6. The lowest BCUT2D eigenvalue weighted by Crippen LogP contribution is -2.21. The number of rotatable bonds is 19. The first-order valence-electron chi connectivity index (χ1n) is 9.95. The van der Waals surface area contributed by atoms with Crippen molar-refractivity contribution in [2.75, 3.05) is 39.5 Å². The van der Waals surface area contributed by atoms with Crippen LogP contribution < -0.4 is 5.32 Å². The molecule has 0 aromatic rings. The molecule has 6 heteroatoms. The van der Waals surface area contributed by atoms with Gasteiger partial charge in [0.15, 0.2) is 6.29 Å². The van der Waals surface area contributed by atoms with Gasteiger partial charge in [-0.2, -0.15) is 0 Å². The van der Waals surface area contributed by atoms with Gasteiger partial charge in [0.25, 0.3) is 0 Å². The van der Waals surface area contributed by atoms with Gasteiger partial charge in [-0.15, -0.1) is 0 Å². The summed E-state index contributed by atoms with van der Waals surface area (Å²) < 4.78 is 16.5. The van der Waals surface area contributed by atoms with Crippen LogP contribution in [0, 0.1) is 0 Å². The minimum atomic E-state index is -0.271. The molecule has 0 radical (unpaired) electrons. The Morgan fingerprint density at radius 2 is 1.56 bits per heavy atom. The fraction of sp³-hybridized carbons (Fsp3) is 0.947. The molecule has 0 rings (SSSR count). The van der Waals surface area contributed by atoms with E-state index in [1.165, 1.54) is 0 Å². The van der Waals surface area contributed by atoms with E-state index in [0.717, 1.165) is 51.5 Å². The van der Waals surface area contributed by atoms with Crippen molar-refractivity contribution in [3.8, 4) is 0 Å². The van der Waals surface area contributed by atoms with Crippen LogP contribution in [0.4, 0.5) is 0 Å². The van der Waals surface area contributed by atoms with E-state index in [9.17, 15) is 4.79 Å². The van der Waals surface area contributed by atoms with Gasteiger partial charge in [0.2, 0.25) is 0 Å². The molecule has 6 nitrogen and oxygen atoms in total. The Bertz CT molecular complexity index is 281. The van der Waals surface area contributed by atoms with Crippen LogP contribution in [-0.4, -0.2) is 56.9 Å². The monoisotopic (exact) mass is 361 g/mol. The summed E-state index contributed by atoms with van der Waals surface area (Å²) in [6.45, 7) is 7.61. The van der Waals surface area contributed by atoms with Gasteiger partial charge in [0.05, 0.1) is 13.2 Å². The summed E-state index contributed by atoms with van der Waals surface area (Å²) in [7, 11) is 0. The maximum absolute atomic E-state index is 11.7. The lowest BCUT2D eigenvalue weighted by Gasteiger charge is -2.18. The van der Waals surface area contributed by atoms with Gasteiger partial charge in [0, 0.05) is 32.6 Å². The van der Waals surface area contributed by atoms with Gasteiger partial charge in [-0.25, -0.2) is 0 Å². The number of ether oxygens (including phenoxy) is 3. The van der Waals surface area contributed by atoms with Crippen molar-refractivity contribution in [3.05, 3.63) is 0 Å². The summed E-state index contributed by atoms with van der Waals surface area (Å²) in [6.07, 6.45) is 8.03. The molecule has 0 spiro atoms. The van der Waals surface area contributed by atoms with Gasteiger partial charge >= 0.3 is 5.97 Å². The molecule has 0 aromatic carbocycles. The summed E-state index contributed by atoms with van der Waals surface area (Å²) in [6, 6.07) is 0. The van der Waals surface area contributed by atoms with Crippen LogP contribution in [0.5, 0.6) is 0 Å². The fourth-order valence-electron chi connectivity index (χ4n) is 2.31. The summed E-state index contributed by atoms with van der Waals surface area (Å²) in [5, 5.41) is 11.8. The molecule has 0 aliphatic carbocycles. The molecule has 0 aliphatic rings. The molecule has 150 valence electrons. The molecule has 0 bridgehead atoms. The topological polar surface area (TPSA) is 77.0 Å². The van der Waals surface area contributed by atoms with E-state index in [4.69, 9.17) is 19.3 Å². The molecular formula is C19H39NO5. The van der Waals surface area contributed by atoms with Crippen molar-refractivity contribution in [3.63, 3.8) is 0 Å². The molecule has 0 saturated carbocycles. The molecule has 0 atom stereocenters. The highest BCUT2D eigenvalue weighted by Gasteiger charge is 2.10. The number of carbonyl (C=O) groups excluding carboxylic acids is 1. The predicted molar refractivity (Wildman–Crippen MR) is 99.5 cm³/mol. The first kappa shape index (κ1) is 24.3. The highest BCUT2D eigenvalue weighted by Crippen LogP contribution is 2.07. The zero-order valence-corrected chi connectivity index (χ0v) is 16.3. The van der Waals surface area contributed by atoms with Crippen molar-refractivity contribution in [2.24, 2.45) is 0 Å². The molecule has 0 heterocycles. The Kier molecular flexibility index (Phi) is 19.1. The zero-order chi connectivity index (χ0) is 18.6. The summed E-state index contributed by atoms with van der Waals surface area (Å²) in [5.74, 6) is -0.130. The highest BCUT2D eigenvalue weighted by atomic mass is 16.7. The number of nitrogens with one attached hydrogen (secondary N) is 1. The van der Waals surface area contributed by atoms with Gasteiger partial charge in [-0.1, -0.05) is 33.1 Å². The number of hydrogen-bond acceptors (Lipinski definition) is 6. The molecule has 0 aliphatic heterocycles. The van der Waals surface area contributed by atoms with Crippen LogP contribution in [0.3, 0.4) is 0 Å². The molecule has 25 heavy (non-hydrogen) atoms. The van der Waals surface area contributed by atoms with Crippen LogP contribution in [0.1, 0.15) is 71.6 Å². The Hall–Kier alpha value is -0.690. The summed E-state index contributed by atoms with van der Waals surface area (Å²) in [4.78, 5) is 11.7. The van der Waals surface area contributed by atoms with Crippen molar-refractivity contribution in [1.29, 1.82) is 0 Å². The van der Waals surface area contributed by atoms with Crippen LogP contribution >= 0.6 is 0 Å². The normalized spacial score (nSPS) is 11.2. The maximum Gasteiger partial charge on any atom is 0.305 e. The third-order valence-electron chi connectivity index (χ3n) is 3.66. The van der Waals surface area contributed by atoms with E-state index in [-0.39, 0.29) is 18.9 Å². The van der Waals surface area contributed by atoms with Crippen LogP contribution in [0.25, 0.3) is 0 Å². The quantitative estimate of drug-likeness (QED) is 0.209. The van der Waals surface area contributed by atoms with Crippen molar-refractivity contribution in [2.45, 2.75) is 77.9 Å². The van der Waals surface area contributed by atoms with Gasteiger partial charge in [-0.3, -0.25) is 4.79 Å². The molecule has 0 aromatic heterocycles. The first-order valence-corrected chi connectivity index (χ1v) is 9.95. The lowest BCUT2D eigenvalue weighted by atomic mass is 10.1. The van der Waals surface area contributed by atoms with Crippen molar-refractivity contribution < 1.29 is 24.1 Å². The van der Waals surface area contributed by atoms with E-state index in [2.05, 4.69) is 19.2 Å². The Labute approximate surface area is 153 Å². The lowest BCUT2D eigenvalue weighted by molar-refractivity contribution is -0.161. The SMILES string of the molecule is CCCOC(CCOC(=O)CCCCCCCNCCO)OCCC. The number of aliphatic hydroxyl groups excluding tert-OH is 1. The summed E-state index contributed by atoms with van der Waals surface area (Å²) in [5.41, 5.74) is 0. The molecule has 0 amide bonds. The van der Waals surface area contributed by atoms with Crippen LogP contribution in [0.15, 0.2) is 0 Å². The number of unbranched alkanes of at least 4 members (excludes halogenated alkanes) is 4. The molecule has 2 N–H and O–H groups in total. The second-order valence-electron chi connectivity index (χ2n) is 6.17. The largest absolute Gasteiger partial charge is 0.465 e. The molecule has 0 unspecified atom stereocenters. The highest BCUT2D eigenvalue weighted by molar-refractivity contribution is 5.69. The first-order chi connectivity index (χ1) is 12.2. The van der Waals surface area contributed by atoms with E-state index >= 15 is 0 Å². The minimum absolute atomic E-state index is 0.130. The Morgan fingerprint density at radius 3 is 2.20 bits per heavy atom. The standard InChI is InChI=1S/C19H39NO5/c1-3-15-24-19(25-16-4-2)11-17-23-18(22)10-8-6-5-7-9-12-20-13-14-21/h19-21H,3-17H2,1-2H3. The van der Waals surface area contributed by atoms with Crippen LogP contribution in [0.2, 0.25) is 0 Å². The zero-order valence-electron chi connectivity index (χ0n) is 16.3. The predicted octanol–water partition coefficient (Wildman–Crippen LogP) is 3.02. The third kappa shape index (κ3) is 17.9. The van der Waals surface area contributed by atoms with Gasteiger partial charge < -0.3 is 24.6 Å². The van der Waals surface area contributed by atoms with Crippen LogP contribution in [-0.2, 0) is 19.0 Å². The minimum Gasteiger partial charge on any atom is -0.465 e. The Balaban J connectivity index is 3.51. The fourth-order valence-corrected chi connectivity index (χ4v) is 2.31. The van der Waals surface area contributed by atoms with Crippen molar-refractivity contribution >= 4 is 5.97 Å². The number of hydrogen-bond donors (Lipinski definition) is 2. The maximum atomic E-state index is 11.7. The van der Waals surface area contributed by atoms with Crippen molar-refractivity contribution in [1.82, 2.24) is 5.32 Å². The smallest absolute Gasteiger partial charge is 0.305 e. The summed E-state index contributed by atoms with van der Waals surface area (Å²) >= 11 is 0. The van der Waals surface area contributed by atoms with Gasteiger partial charge in [0.1, 0.15) is 0 Å². The average molecular weight is 362 g/mol. The number of esters is 1. The van der Waals surface area contributed by atoms with Gasteiger partial charge in [-0.05, 0) is 32.2 Å². The number of aliphatic hydroxyl groups is 1. The molecule has 0 saturated heterocycles. The Morgan fingerprint density at radius 1 is 0.920 bits per heavy atom. The van der Waals surface area contributed by atoms with E-state index in [1.807, 2.05) is 0 Å². The average Bonchev–Trinajstić information content (AvgIpc) is 2.62. The third-order valence-corrected chi connectivity index (χ3v) is 3.66. The number of carbonyl (C=O) groups is 1. The molecular weight excluding hydrogens is 322 g/mol. The molecule has 0 fully saturated rings.